The van der Waals surface area contributed by atoms with E-state index >= 15 is 0 Å². The van der Waals surface area contributed by atoms with E-state index in [1.165, 1.54) is 0 Å². The molecule has 1 atom stereocenters. The van der Waals surface area contributed by atoms with E-state index in [9.17, 15) is 23.3 Å². The van der Waals surface area contributed by atoms with Gasteiger partial charge in [0.15, 0.2) is 0 Å². The van der Waals surface area contributed by atoms with Gasteiger partial charge >= 0.3 is 11.7 Å². The quantitative estimate of drug-likeness (QED) is 0.474. The van der Waals surface area contributed by atoms with Crippen LogP contribution in [0, 0.1) is 10.1 Å². The summed E-state index contributed by atoms with van der Waals surface area (Å²) in [6.07, 6.45) is 0.805. The number of aliphatic carboxylic acids is 1. The number of hydrogen-bond donors (Lipinski definition) is 3. The molecule has 19 heavy (non-hydrogen) atoms. The first-order valence-corrected chi connectivity index (χ1v) is 6.28. The van der Waals surface area contributed by atoms with Crippen molar-refractivity contribution in [1.82, 2.24) is 9.71 Å². The highest BCUT2D eigenvalue weighted by atomic mass is 32.2. The second-order valence-corrected chi connectivity index (χ2v) is 5.23. The lowest BCUT2D eigenvalue weighted by Crippen LogP contribution is -2.38. The molecule has 1 aromatic rings. The zero-order valence-corrected chi connectivity index (χ0v) is 10.4. The molecule has 0 spiro atoms. The van der Waals surface area contributed by atoms with Gasteiger partial charge in [0.2, 0.25) is 15.8 Å². The fourth-order valence-corrected chi connectivity index (χ4v) is 2.25. The lowest BCUT2D eigenvalue weighted by Gasteiger charge is -2.09. The minimum Gasteiger partial charge on any atom is -0.480 e. The van der Waals surface area contributed by atoms with Crippen LogP contribution in [0.4, 0.5) is 11.5 Å². The van der Waals surface area contributed by atoms with Gasteiger partial charge in [0, 0.05) is 12.3 Å². The lowest BCUT2D eigenvalue weighted by molar-refractivity contribution is -0.384. The van der Waals surface area contributed by atoms with Crippen LogP contribution in [-0.4, -0.2) is 35.4 Å². The van der Waals surface area contributed by atoms with Crippen LogP contribution < -0.4 is 10.5 Å². The Hall–Kier alpha value is -2.27. The number of carboxylic acid groups (broad SMARTS) is 1. The lowest BCUT2D eigenvalue weighted by atomic mass is 10.4. The molecule has 0 saturated heterocycles. The zero-order valence-electron chi connectivity index (χ0n) is 9.60. The van der Waals surface area contributed by atoms with E-state index in [1.807, 2.05) is 4.72 Å². The smallest absolute Gasteiger partial charge is 0.321 e. The number of sulfonamides is 1. The van der Waals surface area contributed by atoms with Gasteiger partial charge in [0.05, 0.1) is 4.92 Å². The SMILES string of the molecule is CC(NS(=O)(=O)c1cnc(N)c([N+](=O)[O-])c1)C(=O)O. The number of rotatable bonds is 5. The van der Waals surface area contributed by atoms with Crippen LogP contribution in [0.3, 0.4) is 0 Å². The van der Waals surface area contributed by atoms with Crippen molar-refractivity contribution in [3.63, 3.8) is 0 Å². The maximum Gasteiger partial charge on any atom is 0.321 e. The van der Waals surface area contributed by atoms with Crippen LogP contribution in [0.1, 0.15) is 6.92 Å². The monoisotopic (exact) mass is 290 g/mol. The van der Waals surface area contributed by atoms with Crippen LogP contribution in [0.25, 0.3) is 0 Å². The van der Waals surface area contributed by atoms with E-state index in [4.69, 9.17) is 10.8 Å². The first-order valence-electron chi connectivity index (χ1n) is 4.80. The molecule has 10 nitrogen and oxygen atoms in total. The summed E-state index contributed by atoms with van der Waals surface area (Å²) >= 11 is 0. The molecule has 1 aromatic heterocycles. The Bertz CT molecular complexity index is 628. The summed E-state index contributed by atoms with van der Waals surface area (Å²) in [5.74, 6) is -1.82. The molecule has 0 saturated carbocycles. The maximum absolute atomic E-state index is 11.8. The summed E-state index contributed by atoms with van der Waals surface area (Å²) in [6.45, 7) is 1.11. The summed E-state index contributed by atoms with van der Waals surface area (Å²) in [4.78, 5) is 23.1. The van der Waals surface area contributed by atoms with Gasteiger partial charge in [-0.3, -0.25) is 14.9 Å². The molecule has 0 aliphatic rings. The minimum absolute atomic E-state index is 0.435. The van der Waals surface area contributed by atoms with Gasteiger partial charge in [-0.15, -0.1) is 0 Å². The van der Waals surface area contributed by atoms with E-state index < -0.39 is 43.4 Å². The van der Waals surface area contributed by atoms with Crippen molar-refractivity contribution in [2.45, 2.75) is 17.9 Å². The molecule has 0 bridgehead atoms. The molecular weight excluding hydrogens is 280 g/mol. The first-order chi connectivity index (χ1) is 8.65. The third kappa shape index (κ3) is 3.35. The second kappa shape index (κ2) is 5.16. The number of nitrogens with two attached hydrogens (primary N) is 1. The molecule has 4 N–H and O–H groups in total. The van der Waals surface area contributed by atoms with Gasteiger partial charge in [-0.1, -0.05) is 0 Å². The molecule has 0 radical (unpaired) electrons. The highest BCUT2D eigenvalue weighted by Gasteiger charge is 2.25. The summed E-state index contributed by atoms with van der Waals surface area (Å²) in [6, 6.07) is -0.680. The van der Waals surface area contributed by atoms with E-state index in [2.05, 4.69) is 4.98 Å². The number of anilines is 1. The Morgan fingerprint density at radius 1 is 1.63 bits per heavy atom. The Morgan fingerprint density at radius 2 is 2.21 bits per heavy atom. The third-order valence-electron chi connectivity index (χ3n) is 2.08. The van der Waals surface area contributed by atoms with Crippen LogP contribution in [0.15, 0.2) is 17.2 Å². The Labute approximate surface area is 107 Å². The number of nitro groups is 1. The minimum atomic E-state index is -4.23. The van der Waals surface area contributed by atoms with Crippen molar-refractivity contribution in [2.75, 3.05) is 5.73 Å². The Balaban J connectivity index is 3.19. The summed E-state index contributed by atoms with van der Waals surface area (Å²) in [7, 11) is -4.23. The average molecular weight is 290 g/mol. The number of hydrogen-bond acceptors (Lipinski definition) is 7. The number of aromatic nitrogens is 1. The van der Waals surface area contributed by atoms with Crippen molar-refractivity contribution >= 4 is 27.5 Å². The predicted molar refractivity (Wildman–Crippen MR) is 62.7 cm³/mol. The van der Waals surface area contributed by atoms with Crippen LogP contribution in [0.5, 0.6) is 0 Å². The third-order valence-corrected chi connectivity index (χ3v) is 3.59. The zero-order chi connectivity index (χ0) is 14.8. The molecule has 0 amide bonds. The van der Waals surface area contributed by atoms with E-state index in [0.29, 0.717) is 6.07 Å². The molecule has 0 aromatic carbocycles. The van der Waals surface area contributed by atoms with Crippen molar-refractivity contribution in [3.8, 4) is 0 Å². The molecule has 0 aliphatic carbocycles. The van der Waals surface area contributed by atoms with Gasteiger partial charge in [-0.25, -0.2) is 13.4 Å². The average Bonchev–Trinajstić information content (AvgIpc) is 2.27. The van der Waals surface area contributed by atoms with Crippen molar-refractivity contribution in [3.05, 3.63) is 22.4 Å². The molecule has 104 valence electrons. The van der Waals surface area contributed by atoms with Crippen molar-refractivity contribution in [2.24, 2.45) is 0 Å². The van der Waals surface area contributed by atoms with Crippen molar-refractivity contribution in [1.29, 1.82) is 0 Å². The number of pyridine rings is 1. The summed E-state index contributed by atoms with van der Waals surface area (Å²) < 4.78 is 25.3. The molecule has 0 fully saturated rings. The van der Waals surface area contributed by atoms with Crippen LogP contribution in [0.2, 0.25) is 0 Å². The molecule has 1 unspecified atom stereocenters. The molecule has 1 heterocycles. The molecular formula is C8H10N4O6S. The fraction of sp³-hybridized carbons (Fsp3) is 0.250. The number of carbonyl (C=O) groups is 1. The summed E-state index contributed by atoms with van der Waals surface area (Å²) in [5.41, 5.74) is 4.55. The van der Waals surface area contributed by atoms with E-state index in [1.54, 1.807) is 0 Å². The number of nitrogens with one attached hydrogen (secondary N) is 1. The van der Waals surface area contributed by atoms with E-state index in [0.717, 1.165) is 13.1 Å². The second-order valence-electron chi connectivity index (χ2n) is 3.51. The first kappa shape index (κ1) is 14.8. The number of carboxylic acids is 1. The standard InChI is InChI=1S/C8H10N4O6S/c1-4(8(13)14)11-19(17,18)5-2-6(12(15)16)7(9)10-3-5/h2-4,11H,1H3,(H2,9,10)(H,13,14). The fourth-order valence-electron chi connectivity index (χ4n) is 1.09. The largest absolute Gasteiger partial charge is 0.480 e. The Morgan fingerprint density at radius 3 is 2.68 bits per heavy atom. The maximum atomic E-state index is 11.8. The van der Waals surface area contributed by atoms with Crippen LogP contribution in [-0.2, 0) is 14.8 Å². The highest BCUT2D eigenvalue weighted by Crippen LogP contribution is 2.22. The van der Waals surface area contributed by atoms with Gasteiger partial charge in [0.25, 0.3) is 0 Å². The number of nitrogen functional groups attached to an aromatic ring is 1. The number of nitrogens with zero attached hydrogens (tertiary/aromatic N) is 2. The van der Waals surface area contributed by atoms with Gasteiger partial charge in [0.1, 0.15) is 10.9 Å². The van der Waals surface area contributed by atoms with E-state index in [-0.39, 0.29) is 0 Å². The topological polar surface area (TPSA) is 166 Å². The van der Waals surface area contributed by atoms with Crippen LogP contribution >= 0.6 is 0 Å². The van der Waals surface area contributed by atoms with Crippen molar-refractivity contribution < 1.29 is 23.2 Å². The Kier molecular flexibility index (Phi) is 4.01. The molecule has 1 rings (SSSR count). The predicted octanol–water partition coefficient (Wildman–Crippen LogP) is -0.677. The highest BCUT2D eigenvalue weighted by molar-refractivity contribution is 7.89. The molecule has 0 aliphatic heterocycles. The summed E-state index contributed by atoms with van der Waals surface area (Å²) in [5, 5.41) is 19.2. The molecule has 11 heteroatoms. The normalized spacial score (nSPS) is 12.9. The van der Waals surface area contributed by atoms with Gasteiger partial charge in [-0.2, -0.15) is 4.72 Å². The van der Waals surface area contributed by atoms with Gasteiger partial charge < -0.3 is 10.8 Å². The van der Waals surface area contributed by atoms with Gasteiger partial charge in [-0.05, 0) is 6.92 Å².